The number of aliphatic hydroxyl groups excluding tert-OH is 1. The molecule has 0 aliphatic rings. The quantitative estimate of drug-likeness (QED) is 0.0661. The van der Waals surface area contributed by atoms with Crippen molar-refractivity contribution in [2.45, 2.75) is 59.2 Å². The van der Waals surface area contributed by atoms with Gasteiger partial charge in [-0.2, -0.15) is 5.26 Å². The molecule has 0 saturated carbocycles. The summed E-state index contributed by atoms with van der Waals surface area (Å²) >= 11 is 6.77. The monoisotopic (exact) mass is 785 g/mol. The fourth-order valence-corrected chi connectivity index (χ4v) is 6.59. The van der Waals surface area contributed by atoms with Crippen LogP contribution in [-0.4, -0.2) is 54.9 Å². The minimum absolute atomic E-state index is 0.0295. The van der Waals surface area contributed by atoms with Gasteiger partial charge in [0.05, 0.1) is 29.9 Å². The van der Waals surface area contributed by atoms with Crippen LogP contribution in [0.1, 0.15) is 45.9 Å². The first kappa shape index (κ1) is 40.6. The maximum Gasteiger partial charge on any atom is 0.326 e. The van der Waals surface area contributed by atoms with Crippen molar-refractivity contribution in [2.75, 3.05) is 13.2 Å². The molecule has 4 N–H and O–H groups in total. The van der Waals surface area contributed by atoms with Crippen molar-refractivity contribution in [3.8, 4) is 39.8 Å². The average Bonchev–Trinajstić information content (AvgIpc) is 3.75. The molecule has 6 rings (SSSR count). The zero-order valence-corrected chi connectivity index (χ0v) is 32.8. The Hall–Kier alpha value is -6.10. The van der Waals surface area contributed by atoms with Crippen LogP contribution < -0.4 is 20.1 Å². The maximum absolute atomic E-state index is 11.8. The molecule has 13 heteroatoms. The summed E-state index contributed by atoms with van der Waals surface area (Å²) in [5.74, 6) is -0.438. The summed E-state index contributed by atoms with van der Waals surface area (Å²) in [5, 5.41) is 43.3. The van der Waals surface area contributed by atoms with Gasteiger partial charge in [0, 0.05) is 55.4 Å². The summed E-state index contributed by atoms with van der Waals surface area (Å²) in [6.07, 6.45) is 6.60. The molecule has 0 bridgehead atoms. The van der Waals surface area contributed by atoms with Crippen LogP contribution in [0, 0.1) is 25.2 Å². The number of ether oxygens (including phenoxy) is 2. The molecule has 12 nitrogen and oxygen atoms in total. The number of aliphatic hydroxyl groups is 1. The highest BCUT2D eigenvalue weighted by molar-refractivity contribution is 6.32. The van der Waals surface area contributed by atoms with E-state index in [1.54, 1.807) is 35.3 Å². The van der Waals surface area contributed by atoms with Crippen molar-refractivity contribution in [1.82, 2.24) is 30.6 Å². The van der Waals surface area contributed by atoms with Gasteiger partial charge in [-0.05, 0) is 77.4 Å². The highest BCUT2D eigenvalue weighted by atomic mass is 35.5. The van der Waals surface area contributed by atoms with Gasteiger partial charge < -0.3 is 25.0 Å². The molecule has 0 aliphatic carbocycles. The summed E-state index contributed by atoms with van der Waals surface area (Å²) in [7, 11) is 0. The van der Waals surface area contributed by atoms with E-state index in [1.165, 1.54) is 24.2 Å². The molecular weight excluding hydrogens is 742 g/mol. The minimum atomic E-state index is -1.59. The molecule has 2 heterocycles. The topological polar surface area (TPSA) is 167 Å². The van der Waals surface area contributed by atoms with E-state index in [4.69, 9.17) is 21.1 Å². The number of nitriles is 1. The molecule has 292 valence electrons. The van der Waals surface area contributed by atoms with Crippen molar-refractivity contribution < 1.29 is 24.5 Å². The van der Waals surface area contributed by atoms with Crippen molar-refractivity contribution >= 4 is 17.6 Å². The molecule has 2 aromatic heterocycles. The van der Waals surface area contributed by atoms with Gasteiger partial charge in [-0.25, -0.2) is 0 Å². The van der Waals surface area contributed by atoms with Gasteiger partial charge in [0.25, 0.3) is 0 Å². The molecule has 0 aliphatic heterocycles. The van der Waals surface area contributed by atoms with Gasteiger partial charge in [-0.15, -0.1) is 5.10 Å². The predicted octanol–water partition coefficient (Wildman–Crippen LogP) is 7.02. The SMILES string of the molecule is Cc1c(COc2cc(OCc3cncc(C#N)c3)c(CNC(C)(CO)C(=O)O)cc2Cl)cccc1-c1cccc(-c2ccc(CNCCn3ccnn3)cc2)c1C. The normalized spacial score (nSPS) is 12.1. The zero-order chi connectivity index (χ0) is 40.4. The van der Waals surface area contributed by atoms with E-state index in [0.717, 1.165) is 53.0 Å². The fraction of sp³-hybridized carbons (Fsp3) is 0.250. The van der Waals surface area contributed by atoms with E-state index in [9.17, 15) is 20.3 Å². The van der Waals surface area contributed by atoms with Crippen molar-refractivity contribution in [3.63, 3.8) is 0 Å². The van der Waals surface area contributed by atoms with Crippen LogP contribution in [0.15, 0.2) is 104 Å². The minimum Gasteiger partial charge on any atom is -0.488 e. The third kappa shape index (κ3) is 10.0. The largest absolute Gasteiger partial charge is 0.488 e. The Kier molecular flexibility index (Phi) is 13.3. The second-order valence-electron chi connectivity index (χ2n) is 13.9. The number of carboxylic acid groups (broad SMARTS) is 1. The Bertz CT molecular complexity index is 2360. The van der Waals surface area contributed by atoms with E-state index < -0.39 is 18.1 Å². The van der Waals surface area contributed by atoms with Crippen molar-refractivity contribution in [2.24, 2.45) is 0 Å². The number of benzene rings is 4. The molecule has 0 spiro atoms. The van der Waals surface area contributed by atoms with Crippen LogP contribution >= 0.6 is 11.6 Å². The van der Waals surface area contributed by atoms with Gasteiger partial charge >= 0.3 is 5.97 Å². The Morgan fingerprint density at radius 2 is 1.63 bits per heavy atom. The first-order valence-electron chi connectivity index (χ1n) is 18.4. The van der Waals surface area contributed by atoms with E-state index in [1.807, 2.05) is 18.3 Å². The molecule has 0 amide bonds. The smallest absolute Gasteiger partial charge is 0.326 e. The zero-order valence-electron chi connectivity index (χ0n) is 32.0. The average molecular weight is 786 g/mol. The second kappa shape index (κ2) is 18.7. The van der Waals surface area contributed by atoms with E-state index >= 15 is 0 Å². The van der Waals surface area contributed by atoms with Crippen molar-refractivity contribution in [3.05, 3.63) is 148 Å². The Balaban J connectivity index is 1.18. The van der Waals surface area contributed by atoms with Gasteiger partial charge in [0.15, 0.2) is 0 Å². The molecule has 4 aromatic carbocycles. The van der Waals surface area contributed by atoms with Crippen molar-refractivity contribution in [1.29, 1.82) is 5.26 Å². The van der Waals surface area contributed by atoms with Gasteiger partial charge in [0.1, 0.15) is 36.3 Å². The number of hydrogen-bond acceptors (Lipinski definition) is 10. The van der Waals surface area contributed by atoms with Crippen LogP contribution in [0.3, 0.4) is 0 Å². The van der Waals surface area contributed by atoms with E-state index in [-0.39, 0.29) is 19.8 Å². The van der Waals surface area contributed by atoms with Crippen LogP contribution in [0.4, 0.5) is 0 Å². The lowest BCUT2D eigenvalue weighted by Gasteiger charge is -2.25. The van der Waals surface area contributed by atoms with Crippen LogP contribution in [0.5, 0.6) is 11.5 Å². The van der Waals surface area contributed by atoms with E-state index in [2.05, 4.69) is 94.4 Å². The maximum atomic E-state index is 11.8. The molecule has 0 radical (unpaired) electrons. The number of carbonyl (C=O) groups is 1. The Morgan fingerprint density at radius 1 is 0.895 bits per heavy atom. The molecule has 6 aromatic rings. The highest BCUT2D eigenvalue weighted by Gasteiger charge is 2.32. The summed E-state index contributed by atoms with van der Waals surface area (Å²) in [6, 6.07) is 28.3. The second-order valence-corrected chi connectivity index (χ2v) is 14.3. The van der Waals surface area contributed by atoms with Gasteiger partial charge in [-0.3, -0.25) is 19.8 Å². The number of halogens is 1. The number of nitrogens with one attached hydrogen (secondary N) is 2. The highest BCUT2D eigenvalue weighted by Crippen LogP contribution is 2.37. The van der Waals surface area contributed by atoms with Crippen LogP contribution in [-0.2, 0) is 37.6 Å². The first-order valence-corrected chi connectivity index (χ1v) is 18.8. The summed E-state index contributed by atoms with van der Waals surface area (Å²) in [6.45, 7) is 7.65. The molecule has 0 saturated heterocycles. The number of pyridine rings is 1. The first-order chi connectivity index (χ1) is 27.6. The molecule has 0 fully saturated rings. The summed E-state index contributed by atoms with van der Waals surface area (Å²) in [4.78, 5) is 16.0. The van der Waals surface area contributed by atoms with Gasteiger partial charge in [0.2, 0.25) is 0 Å². The molecular formula is C44H44ClN7O5. The third-order valence-corrected chi connectivity index (χ3v) is 10.2. The van der Waals surface area contributed by atoms with Crippen LogP contribution in [0.25, 0.3) is 22.3 Å². The van der Waals surface area contributed by atoms with Gasteiger partial charge in [-0.1, -0.05) is 77.5 Å². The number of aromatic nitrogens is 4. The lowest BCUT2D eigenvalue weighted by Crippen LogP contribution is -2.52. The number of nitrogens with zero attached hydrogens (tertiary/aromatic N) is 5. The molecule has 1 unspecified atom stereocenters. The summed E-state index contributed by atoms with van der Waals surface area (Å²) < 4.78 is 14.3. The fourth-order valence-electron chi connectivity index (χ4n) is 6.34. The Morgan fingerprint density at radius 3 is 2.35 bits per heavy atom. The Labute approximate surface area is 336 Å². The third-order valence-electron chi connectivity index (χ3n) is 9.93. The number of carboxylic acids is 1. The predicted molar refractivity (Wildman–Crippen MR) is 218 cm³/mol. The number of hydrogen-bond donors (Lipinski definition) is 4. The lowest BCUT2D eigenvalue weighted by atomic mass is 9.89. The standard InChI is InChI=1S/C44H44ClN7O5/c1-29-35(6-4-8-38(29)39-9-5-7-37(30(39)2)34-12-10-31(11-13-34)22-47-14-16-52-17-15-50-51-52)27-57-42-20-41(56-26-33-18-32(21-46)23-48-24-33)36(19-40(42)45)25-49-44(3,28-53)43(54)55/h4-13,15,17-20,23-24,47,49,53H,14,16,22,25-28H2,1-3H3,(H,54,55). The molecule has 57 heavy (non-hydrogen) atoms. The lowest BCUT2D eigenvalue weighted by molar-refractivity contribution is -0.145. The van der Waals surface area contributed by atoms with Crippen LogP contribution in [0.2, 0.25) is 5.02 Å². The summed E-state index contributed by atoms with van der Waals surface area (Å²) in [5.41, 5.74) is 8.96. The molecule has 1 atom stereocenters. The number of aliphatic carboxylic acids is 1. The van der Waals surface area contributed by atoms with E-state index in [0.29, 0.717) is 33.2 Å². The number of rotatable bonds is 18.